The van der Waals surface area contributed by atoms with E-state index in [0.717, 1.165) is 6.42 Å². The van der Waals surface area contributed by atoms with Crippen LogP contribution in [0.2, 0.25) is 0 Å². The number of hydrogen-bond donors (Lipinski definition) is 0. The lowest BCUT2D eigenvalue weighted by Gasteiger charge is -2.22. The number of hydrogen-bond acceptors (Lipinski definition) is 0. The van der Waals surface area contributed by atoms with Gasteiger partial charge in [-0.05, 0) is 42.3 Å². The molecule has 0 aliphatic heterocycles. The first-order valence-electron chi connectivity index (χ1n) is 7.55. The molecular formula is C20H19IP+. The first-order chi connectivity index (χ1) is 10.8. The van der Waals surface area contributed by atoms with Gasteiger partial charge in [-0.1, -0.05) is 61.5 Å². The zero-order chi connectivity index (χ0) is 15.4. The molecule has 0 spiro atoms. The van der Waals surface area contributed by atoms with Crippen molar-refractivity contribution in [2.75, 3.05) is 0 Å². The molecule has 0 amide bonds. The maximum absolute atomic E-state index is 2.73. The Labute approximate surface area is 146 Å². The van der Waals surface area contributed by atoms with Gasteiger partial charge in [0, 0.05) is 0 Å². The lowest BCUT2D eigenvalue weighted by atomic mass is 10.2. The summed E-state index contributed by atoms with van der Waals surface area (Å²) in [6.45, 7) is 2.25. The van der Waals surface area contributed by atoms with Crippen molar-refractivity contribution >= 4 is 42.9 Å². The van der Waals surface area contributed by atoms with E-state index in [0.29, 0.717) is 0 Å². The summed E-state index contributed by atoms with van der Waals surface area (Å²) in [5.41, 5.74) is 1.46. The Morgan fingerprint density at radius 3 is 1.64 bits per heavy atom. The van der Waals surface area contributed by atoms with Crippen molar-refractivity contribution in [3.8, 4) is 0 Å². The predicted molar refractivity (Wildman–Crippen MR) is 109 cm³/mol. The maximum Gasteiger partial charge on any atom is 0.173 e. The molecule has 0 heterocycles. The van der Waals surface area contributed by atoms with E-state index in [-0.39, 0.29) is 0 Å². The van der Waals surface area contributed by atoms with Crippen LogP contribution in [-0.4, -0.2) is 0 Å². The summed E-state index contributed by atoms with van der Waals surface area (Å²) in [7, 11) is 0. The third kappa shape index (κ3) is 2.85. The lowest BCUT2D eigenvalue weighted by molar-refractivity contribution is 1.15. The Hall–Kier alpha value is -1.18. The topological polar surface area (TPSA) is 0 Å². The average Bonchev–Trinajstić information content (AvgIpc) is 2.62. The first-order valence-corrected chi connectivity index (χ1v) is 12.1. The largest absolute Gasteiger partial charge is 0.173 e. The molecule has 2 heteroatoms. The summed E-state index contributed by atoms with van der Waals surface area (Å²) in [6, 6.07) is 30.8. The summed E-state index contributed by atoms with van der Waals surface area (Å²) in [5.74, 6) is 0. The van der Waals surface area contributed by atoms with Gasteiger partial charge in [-0.3, -0.25) is 0 Å². The number of halogens is 1. The van der Waals surface area contributed by atoms with Crippen molar-refractivity contribution < 1.29 is 0 Å². The van der Waals surface area contributed by atoms with Crippen molar-refractivity contribution in [3.63, 3.8) is 0 Å². The second kappa shape index (κ2) is 6.93. The molecule has 0 saturated carbocycles. The van der Waals surface area contributed by atoms with Gasteiger partial charge >= 0.3 is 0 Å². The van der Waals surface area contributed by atoms with E-state index in [4.69, 9.17) is 0 Å². The van der Waals surface area contributed by atoms with Gasteiger partial charge < -0.3 is 0 Å². The minimum absolute atomic E-state index is 1.07. The second-order valence-corrected chi connectivity index (χ2v) is 12.3. The van der Waals surface area contributed by atoms with Gasteiger partial charge in [-0.25, -0.2) is 0 Å². The van der Waals surface area contributed by atoms with E-state index >= 15 is 0 Å². The fourth-order valence-corrected chi connectivity index (χ4v) is 9.09. The quantitative estimate of drug-likeness (QED) is 0.419. The molecule has 0 atom stereocenters. The van der Waals surface area contributed by atoms with Gasteiger partial charge in [0.25, 0.3) is 0 Å². The summed E-state index contributed by atoms with van der Waals surface area (Å²) in [4.78, 5) is -1.61. The van der Waals surface area contributed by atoms with E-state index in [2.05, 4.69) is 114 Å². The Morgan fingerprint density at radius 2 is 1.14 bits per heavy atom. The smallest absolute Gasteiger partial charge is 0.0620 e. The number of rotatable bonds is 4. The summed E-state index contributed by atoms with van der Waals surface area (Å²) < 4.78 is 0. The van der Waals surface area contributed by atoms with Crippen LogP contribution in [0.25, 0.3) is 0 Å². The minimum atomic E-state index is -1.61. The highest BCUT2D eigenvalue weighted by atomic mass is 127. The van der Waals surface area contributed by atoms with Crippen LogP contribution in [0.4, 0.5) is 0 Å². The highest BCUT2D eigenvalue weighted by molar-refractivity contribution is 14.2. The van der Waals surface area contributed by atoms with Crippen molar-refractivity contribution in [3.05, 3.63) is 90.5 Å². The number of aryl methyl sites for hydroxylation is 1. The van der Waals surface area contributed by atoms with Crippen molar-refractivity contribution in [1.29, 1.82) is 0 Å². The molecule has 0 aliphatic rings. The Bertz CT molecular complexity index is 698. The summed E-state index contributed by atoms with van der Waals surface area (Å²) in [5, 5.41) is 4.36. The van der Waals surface area contributed by atoms with Gasteiger partial charge in [-0.15, -0.1) is 0 Å². The molecule has 0 nitrogen and oxygen atoms in total. The van der Waals surface area contributed by atoms with Crippen molar-refractivity contribution in [2.24, 2.45) is 0 Å². The Kier molecular flexibility index (Phi) is 4.95. The molecule has 0 bridgehead atoms. The van der Waals surface area contributed by atoms with Gasteiger partial charge in [0.15, 0.2) is 26.9 Å². The van der Waals surface area contributed by atoms with E-state index in [1.165, 1.54) is 21.5 Å². The second-order valence-electron chi connectivity index (χ2n) is 5.24. The van der Waals surface area contributed by atoms with E-state index in [9.17, 15) is 0 Å². The molecule has 0 aliphatic carbocycles. The van der Waals surface area contributed by atoms with Crippen LogP contribution in [-0.2, 0) is 6.42 Å². The molecule has 0 fully saturated rings. The van der Waals surface area contributed by atoms with Crippen molar-refractivity contribution in [1.82, 2.24) is 0 Å². The van der Waals surface area contributed by atoms with E-state index in [1.54, 1.807) is 0 Å². The van der Waals surface area contributed by atoms with Crippen LogP contribution in [0, 0.1) is 0 Å². The average molecular weight is 417 g/mol. The Morgan fingerprint density at radius 1 is 0.682 bits per heavy atom. The highest BCUT2D eigenvalue weighted by Crippen LogP contribution is 2.63. The predicted octanol–water partition coefficient (Wildman–Crippen LogP) is 4.89. The van der Waals surface area contributed by atoms with Crippen LogP contribution < -0.4 is 15.9 Å². The molecule has 0 radical (unpaired) electrons. The fourth-order valence-electron chi connectivity index (χ4n) is 2.80. The lowest BCUT2D eigenvalue weighted by Crippen LogP contribution is -2.28. The normalized spacial score (nSPS) is 11.4. The van der Waals surface area contributed by atoms with Gasteiger partial charge in [0.1, 0.15) is 15.9 Å². The third-order valence-electron chi connectivity index (χ3n) is 3.93. The molecule has 0 unspecified atom stereocenters. The minimum Gasteiger partial charge on any atom is -0.0620 e. The van der Waals surface area contributed by atoms with Gasteiger partial charge in [0.2, 0.25) is 0 Å². The maximum atomic E-state index is 2.73. The molecule has 0 aromatic heterocycles. The summed E-state index contributed by atoms with van der Waals surface area (Å²) >= 11 is 2.73. The molecular weight excluding hydrogens is 398 g/mol. The third-order valence-corrected chi connectivity index (χ3v) is 11.9. The molecule has 0 N–H and O–H groups in total. The fraction of sp³-hybridized carbons (Fsp3) is 0.100. The van der Waals surface area contributed by atoms with Crippen LogP contribution >= 0.6 is 26.9 Å². The zero-order valence-electron chi connectivity index (χ0n) is 12.6. The monoisotopic (exact) mass is 417 g/mol. The van der Waals surface area contributed by atoms with Crippen molar-refractivity contribution in [2.45, 2.75) is 13.3 Å². The van der Waals surface area contributed by atoms with Gasteiger partial charge in [-0.2, -0.15) is 0 Å². The summed E-state index contributed by atoms with van der Waals surface area (Å²) in [6.07, 6.45) is 1.07. The van der Waals surface area contributed by atoms with Crippen LogP contribution in [0.15, 0.2) is 84.9 Å². The molecule has 3 aromatic rings. The molecule has 0 saturated heterocycles. The van der Waals surface area contributed by atoms with Crippen LogP contribution in [0.1, 0.15) is 12.5 Å². The number of benzene rings is 3. The molecule has 22 heavy (non-hydrogen) atoms. The standard InChI is InChI=1S/C20H19IP/c1-2-17-11-9-10-16-20(17)22(21,18-12-5-3-6-13-18)19-14-7-4-8-15-19/h3-16H,2H2,1H3/q+1. The Balaban J connectivity index is 2.29. The molecule has 3 rings (SSSR count). The van der Waals surface area contributed by atoms with Crippen LogP contribution in [0.5, 0.6) is 0 Å². The first kappa shape index (κ1) is 15.7. The van der Waals surface area contributed by atoms with Gasteiger partial charge in [0.05, 0.1) is 0 Å². The van der Waals surface area contributed by atoms with E-state index < -0.39 is 4.90 Å². The van der Waals surface area contributed by atoms with Crippen LogP contribution in [0.3, 0.4) is 0 Å². The van der Waals surface area contributed by atoms with E-state index in [1.807, 2.05) is 0 Å². The molecule has 110 valence electrons. The highest BCUT2D eigenvalue weighted by Gasteiger charge is 2.44. The SMILES string of the molecule is CCc1ccccc1[P+](I)(c1ccccc1)c1ccccc1. The zero-order valence-corrected chi connectivity index (χ0v) is 15.7. The molecule has 3 aromatic carbocycles.